The first kappa shape index (κ1) is 18.7. The van der Waals surface area contributed by atoms with Gasteiger partial charge in [-0.1, -0.05) is 19.9 Å². The molecule has 1 aliphatic heterocycles. The molecule has 1 atom stereocenters. The quantitative estimate of drug-likeness (QED) is 0.474. The summed E-state index contributed by atoms with van der Waals surface area (Å²) in [6, 6.07) is -1.33. The lowest BCUT2D eigenvalue weighted by Crippen LogP contribution is -2.47. The zero-order valence-electron chi connectivity index (χ0n) is 13.8. The van der Waals surface area contributed by atoms with Crippen molar-refractivity contribution < 1.29 is 19.2 Å². The average Bonchev–Trinajstić information content (AvgIpc) is 2.67. The van der Waals surface area contributed by atoms with Crippen LogP contribution in [-0.4, -0.2) is 47.4 Å². The maximum Gasteiger partial charge on any atom is 0.325 e. The summed E-state index contributed by atoms with van der Waals surface area (Å²) >= 11 is 0. The first-order valence-corrected chi connectivity index (χ1v) is 7.52. The second-order valence-corrected chi connectivity index (χ2v) is 6.13. The maximum atomic E-state index is 12.4. The summed E-state index contributed by atoms with van der Waals surface area (Å²) in [5.41, 5.74) is -1.01. The lowest BCUT2D eigenvalue weighted by atomic mass is 9.92. The zero-order chi connectivity index (χ0) is 17.6. The second kappa shape index (κ2) is 7.75. The molecule has 8 heteroatoms. The van der Waals surface area contributed by atoms with E-state index in [4.69, 9.17) is 0 Å². The third-order valence-corrected chi connectivity index (χ3v) is 3.53. The molecule has 1 saturated heterocycles. The van der Waals surface area contributed by atoms with Crippen LogP contribution in [0.4, 0.5) is 9.59 Å². The first-order chi connectivity index (χ1) is 10.7. The first-order valence-electron chi connectivity index (χ1n) is 7.52. The highest BCUT2D eigenvalue weighted by molar-refractivity contribution is 6.09. The smallest absolute Gasteiger partial charge is 0.325 e. The predicted molar refractivity (Wildman–Crippen MR) is 84.5 cm³/mol. The van der Waals surface area contributed by atoms with Gasteiger partial charge in [0.25, 0.3) is 5.91 Å². The monoisotopic (exact) mass is 324 g/mol. The Balaban J connectivity index is 2.61. The van der Waals surface area contributed by atoms with Crippen molar-refractivity contribution in [1.82, 2.24) is 20.9 Å². The number of carbonyl (C=O) groups is 4. The van der Waals surface area contributed by atoms with Gasteiger partial charge in [0.2, 0.25) is 5.91 Å². The Bertz CT molecular complexity index is 518. The van der Waals surface area contributed by atoms with E-state index in [1.807, 2.05) is 19.2 Å². The summed E-state index contributed by atoms with van der Waals surface area (Å²) < 4.78 is 0. The lowest BCUT2D eigenvalue weighted by Gasteiger charge is -2.22. The number of amides is 6. The molecule has 0 aromatic heterocycles. The molecule has 23 heavy (non-hydrogen) atoms. The normalized spacial score (nSPS) is 20.4. The van der Waals surface area contributed by atoms with E-state index in [1.165, 1.54) is 6.08 Å². The second-order valence-electron chi connectivity index (χ2n) is 6.13. The molecule has 0 unspecified atom stereocenters. The highest BCUT2D eigenvalue weighted by Crippen LogP contribution is 2.24. The van der Waals surface area contributed by atoms with Gasteiger partial charge in [0.15, 0.2) is 0 Å². The molecule has 0 spiro atoms. The third-order valence-electron chi connectivity index (χ3n) is 3.53. The van der Waals surface area contributed by atoms with Crippen molar-refractivity contribution in [1.29, 1.82) is 0 Å². The summed E-state index contributed by atoms with van der Waals surface area (Å²) in [6.45, 7) is 8.83. The van der Waals surface area contributed by atoms with Crippen LogP contribution in [0.15, 0.2) is 12.7 Å². The minimum atomic E-state index is -1.01. The highest BCUT2D eigenvalue weighted by Gasteiger charge is 2.47. The number of hydrogen-bond donors (Lipinski definition) is 3. The van der Waals surface area contributed by atoms with Gasteiger partial charge < -0.3 is 10.6 Å². The molecule has 128 valence electrons. The number of nitrogens with zero attached hydrogens (tertiary/aromatic N) is 1. The van der Waals surface area contributed by atoms with Gasteiger partial charge in [-0.25, -0.2) is 9.59 Å². The van der Waals surface area contributed by atoms with E-state index >= 15 is 0 Å². The molecule has 0 aromatic carbocycles. The van der Waals surface area contributed by atoms with Crippen LogP contribution >= 0.6 is 0 Å². The number of hydrogen-bond acceptors (Lipinski definition) is 4. The fourth-order valence-electron chi connectivity index (χ4n) is 2.16. The van der Waals surface area contributed by atoms with Crippen molar-refractivity contribution >= 4 is 23.9 Å². The zero-order valence-corrected chi connectivity index (χ0v) is 13.8. The van der Waals surface area contributed by atoms with Crippen LogP contribution in [-0.2, 0) is 9.59 Å². The van der Waals surface area contributed by atoms with E-state index in [1.54, 1.807) is 6.92 Å². The Morgan fingerprint density at radius 2 is 2.04 bits per heavy atom. The molecule has 1 fully saturated rings. The molecular weight excluding hydrogens is 300 g/mol. The fraction of sp³-hybridized carbons (Fsp3) is 0.600. The van der Waals surface area contributed by atoms with Crippen LogP contribution in [0.5, 0.6) is 0 Å². The van der Waals surface area contributed by atoms with Crippen LogP contribution in [0.2, 0.25) is 0 Å². The molecule has 1 heterocycles. The van der Waals surface area contributed by atoms with E-state index in [0.717, 1.165) is 11.3 Å². The van der Waals surface area contributed by atoms with Crippen molar-refractivity contribution in [3.63, 3.8) is 0 Å². The topological polar surface area (TPSA) is 108 Å². The van der Waals surface area contributed by atoms with Crippen LogP contribution in [0.1, 0.15) is 33.6 Å². The number of nitrogens with one attached hydrogen (secondary N) is 3. The highest BCUT2D eigenvalue weighted by atomic mass is 16.2. The van der Waals surface area contributed by atoms with Crippen LogP contribution in [0.3, 0.4) is 0 Å². The Morgan fingerprint density at radius 1 is 1.39 bits per heavy atom. The van der Waals surface area contributed by atoms with E-state index in [0.29, 0.717) is 12.3 Å². The summed E-state index contributed by atoms with van der Waals surface area (Å²) in [6.07, 6.45) is 2.72. The molecule has 0 aromatic rings. The standard InChI is InChI=1S/C15H24N4O4/c1-5-8-16-13(22)17-11(20)9-19-12(21)15(4,18-14(19)23)7-6-10(2)3/h5,10H,1,6-9H2,2-4H3,(H,18,23)(H2,16,17,20,22)/t15-/m1/s1. The number of urea groups is 2. The van der Waals surface area contributed by atoms with Gasteiger partial charge in [-0.2, -0.15) is 0 Å². The van der Waals surface area contributed by atoms with Crippen molar-refractivity contribution in [3.05, 3.63) is 12.7 Å². The molecule has 0 radical (unpaired) electrons. The molecule has 0 bridgehead atoms. The van der Waals surface area contributed by atoms with E-state index < -0.39 is 36.0 Å². The van der Waals surface area contributed by atoms with Crippen molar-refractivity contribution in [3.8, 4) is 0 Å². The van der Waals surface area contributed by atoms with Crippen molar-refractivity contribution in [2.75, 3.05) is 13.1 Å². The predicted octanol–water partition coefficient (Wildman–Crippen LogP) is 0.745. The molecule has 3 N–H and O–H groups in total. The Hall–Kier alpha value is -2.38. The average molecular weight is 324 g/mol. The minimum Gasteiger partial charge on any atom is -0.334 e. The van der Waals surface area contributed by atoms with Gasteiger partial charge in [-0.15, -0.1) is 6.58 Å². The van der Waals surface area contributed by atoms with Gasteiger partial charge in [-0.3, -0.25) is 19.8 Å². The van der Waals surface area contributed by atoms with Crippen LogP contribution in [0, 0.1) is 5.92 Å². The van der Waals surface area contributed by atoms with Gasteiger partial charge in [0.1, 0.15) is 12.1 Å². The van der Waals surface area contributed by atoms with Crippen molar-refractivity contribution in [2.24, 2.45) is 5.92 Å². The minimum absolute atomic E-state index is 0.204. The van der Waals surface area contributed by atoms with Crippen LogP contribution < -0.4 is 16.0 Å². The lowest BCUT2D eigenvalue weighted by molar-refractivity contribution is -0.134. The molecule has 0 saturated carbocycles. The number of carbonyl (C=O) groups excluding carboxylic acids is 4. The molecular formula is C15H24N4O4. The van der Waals surface area contributed by atoms with Crippen molar-refractivity contribution in [2.45, 2.75) is 39.2 Å². The molecule has 6 amide bonds. The molecule has 0 aliphatic carbocycles. The van der Waals surface area contributed by atoms with Gasteiger partial charge in [-0.05, 0) is 25.7 Å². The number of rotatable bonds is 7. The summed E-state index contributed by atoms with van der Waals surface area (Å²) in [4.78, 5) is 48.3. The van der Waals surface area contributed by atoms with Crippen LogP contribution in [0.25, 0.3) is 0 Å². The Labute approximate surface area is 135 Å². The summed E-state index contributed by atoms with van der Waals surface area (Å²) in [7, 11) is 0. The maximum absolute atomic E-state index is 12.4. The summed E-state index contributed by atoms with van der Waals surface area (Å²) in [5, 5.41) is 7.04. The van der Waals surface area contributed by atoms with E-state index in [2.05, 4.69) is 17.2 Å². The summed E-state index contributed by atoms with van der Waals surface area (Å²) in [5.74, 6) is -0.796. The largest absolute Gasteiger partial charge is 0.334 e. The number of imide groups is 2. The molecule has 8 nitrogen and oxygen atoms in total. The Morgan fingerprint density at radius 3 is 2.61 bits per heavy atom. The van der Waals surface area contributed by atoms with E-state index in [9.17, 15) is 19.2 Å². The van der Waals surface area contributed by atoms with E-state index in [-0.39, 0.29) is 6.54 Å². The van der Waals surface area contributed by atoms with Gasteiger partial charge in [0.05, 0.1) is 0 Å². The SMILES string of the molecule is C=CCNC(=O)NC(=O)CN1C(=O)N[C@](C)(CCC(C)C)C1=O. The Kier molecular flexibility index (Phi) is 6.29. The fourth-order valence-corrected chi connectivity index (χ4v) is 2.16. The molecule has 1 aliphatic rings. The van der Waals surface area contributed by atoms with Gasteiger partial charge in [0, 0.05) is 6.54 Å². The van der Waals surface area contributed by atoms with Gasteiger partial charge >= 0.3 is 12.1 Å². The molecule has 1 rings (SSSR count). The third kappa shape index (κ3) is 5.08.